The van der Waals surface area contributed by atoms with Gasteiger partial charge in [-0.15, -0.1) is 0 Å². The van der Waals surface area contributed by atoms with E-state index in [4.69, 9.17) is 12.2 Å². The lowest BCUT2D eigenvalue weighted by Crippen LogP contribution is -2.02. The Morgan fingerprint density at radius 2 is 2.05 bits per heavy atom. The first kappa shape index (κ1) is 12.1. The first-order valence-corrected chi connectivity index (χ1v) is 6.65. The van der Waals surface area contributed by atoms with E-state index in [1.54, 1.807) is 0 Å². The van der Waals surface area contributed by atoms with Crippen LogP contribution in [0.3, 0.4) is 0 Å². The summed E-state index contributed by atoms with van der Waals surface area (Å²) < 4.78 is 2.90. The van der Waals surface area contributed by atoms with E-state index in [0.717, 1.165) is 16.8 Å². The Bertz CT molecular complexity index is 799. The summed E-state index contributed by atoms with van der Waals surface area (Å²) in [6, 6.07) is 8.24. The van der Waals surface area contributed by atoms with E-state index in [-0.39, 0.29) is 0 Å². The van der Waals surface area contributed by atoms with Crippen molar-refractivity contribution in [1.29, 1.82) is 0 Å². The molecule has 3 aromatic rings. The van der Waals surface area contributed by atoms with Crippen molar-refractivity contribution in [2.75, 3.05) is 0 Å². The lowest BCUT2D eigenvalue weighted by molar-refractivity contribution is 0.798. The van der Waals surface area contributed by atoms with Crippen molar-refractivity contribution >= 4 is 23.3 Å². The van der Waals surface area contributed by atoms with Gasteiger partial charge < -0.3 is 9.55 Å². The number of aromatic amines is 1. The molecule has 4 heteroatoms. The highest BCUT2D eigenvalue weighted by Gasteiger charge is 2.08. The van der Waals surface area contributed by atoms with Crippen molar-refractivity contribution in [3.05, 3.63) is 58.1 Å². The van der Waals surface area contributed by atoms with Gasteiger partial charge in [-0.05, 0) is 54.9 Å². The molecule has 0 spiro atoms. The van der Waals surface area contributed by atoms with Gasteiger partial charge in [0.15, 0.2) is 4.77 Å². The van der Waals surface area contributed by atoms with Gasteiger partial charge in [0.2, 0.25) is 0 Å². The standard InChI is InChI=1S/C15H15N3S/c1-10-6-7-16-8-12(10)9-18-14-11(2)4-3-5-13(14)17-15(18)19/h3-8H,9H2,1-2H3,(H,17,19). The molecule has 0 atom stereocenters. The number of aromatic nitrogens is 3. The predicted molar refractivity (Wildman–Crippen MR) is 79.9 cm³/mol. The third-order valence-corrected chi connectivity index (χ3v) is 3.79. The SMILES string of the molecule is Cc1ccncc1Cn1c(=S)[nH]c2cccc(C)c21. The summed E-state index contributed by atoms with van der Waals surface area (Å²) in [4.78, 5) is 7.47. The molecule has 0 aliphatic rings. The number of rotatable bonds is 2. The molecule has 2 heterocycles. The summed E-state index contributed by atoms with van der Waals surface area (Å²) in [5, 5.41) is 0. The molecule has 0 fully saturated rings. The average molecular weight is 269 g/mol. The van der Waals surface area contributed by atoms with Gasteiger partial charge in [-0.25, -0.2) is 0 Å². The number of para-hydroxylation sites is 1. The normalized spacial score (nSPS) is 11.1. The van der Waals surface area contributed by atoms with Gasteiger partial charge >= 0.3 is 0 Å². The number of imidazole rings is 1. The molecule has 1 N–H and O–H groups in total. The molecule has 0 saturated heterocycles. The zero-order chi connectivity index (χ0) is 13.4. The van der Waals surface area contributed by atoms with Crippen LogP contribution in [0.2, 0.25) is 0 Å². The van der Waals surface area contributed by atoms with Crippen molar-refractivity contribution in [3.8, 4) is 0 Å². The van der Waals surface area contributed by atoms with Crippen molar-refractivity contribution in [3.63, 3.8) is 0 Å². The zero-order valence-electron chi connectivity index (χ0n) is 11.0. The van der Waals surface area contributed by atoms with E-state index in [2.05, 4.69) is 40.5 Å². The molecule has 2 aromatic heterocycles. The fourth-order valence-electron chi connectivity index (χ4n) is 2.39. The van der Waals surface area contributed by atoms with Crippen LogP contribution in [0.5, 0.6) is 0 Å². The number of nitrogens with one attached hydrogen (secondary N) is 1. The Kier molecular flexibility index (Phi) is 2.95. The van der Waals surface area contributed by atoms with E-state index in [9.17, 15) is 0 Å². The average Bonchev–Trinajstić information content (AvgIpc) is 2.70. The first-order chi connectivity index (χ1) is 9.16. The van der Waals surface area contributed by atoms with Gasteiger partial charge in [-0.1, -0.05) is 12.1 Å². The fraction of sp³-hybridized carbons (Fsp3) is 0.200. The van der Waals surface area contributed by atoms with E-state index in [1.165, 1.54) is 22.2 Å². The van der Waals surface area contributed by atoms with Crippen LogP contribution < -0.4 is 0 Å². The van der Waals surface area contributed by atoms with Crippen LogP contribution in [-0.2, 0) is 6.54 Å². The number of aryl methyl sites for hydroxylation is 2. The Hall–Kier alpha value is -1.94. The molecule has 19 heavy (non-hydrogen) atoms. The Labute approximate surface area is 116 Å². The van der Waals surface area contributed by atoms with Gasteiger partial charge in [0.05, 0.1) is 17.6 Å². The summed E-state index contributed by atoms with van der Waals surface area (Å²) in [5.74, 6) is 0. The number of nitrogens with zero attached hydrogens (tertiary/aromatic N) is 2. The molecule has 0 aliphatic carbocycles. The molecule has 0 aliphatic heterocycles. The zero-order valence-corrected chi connectivity index (χ0v) is 11.8. The van der Waals surface area contributed by atoms with Crippen molar-refractivity contribution < 1.29 is 0 Å². The minimum absolute atomic E-state index is 0.753. The summed E-state index contributed by atoms with van der Waals surface area (Å²) in [5.41, 5.74) is 5.93. The van der Waals surface area contributed by atoms with Gasteiger partial charge in [-0.3, -0.25) is 4.98 Å². The fourth-order valence-corrected chi connectivity index (χ4v) is 2.65. The number of fused-ring (bicyclic) bond motifs is 1. The highest BCUT2D eigenvalue weighted by Crippen LogP contribution is 2.20. The second-order valence-electron chi connectivity index (χ2n) is 4.79. The minimum Gasteiger partial charge on any atom is -0.331 e. The number of benzene rings is 1. The molecular formula is C15H15N3S. The van der Waals surface area contributed by atoms with E-state index in [1.807, 2.05) is 24.5 Å². The second kappa shape index (κ2) is 4.63. The van der Waals surface area contributed by atoms with Gasteiger partial charge in [0.1, 0.15) is 0 Å². The predicted octanol–water partition coefficient (Wildman–Crippen LogP) is 3.76. The lowest BCUT2D eigenvalue weighted by atomic mass is 10.1. The van der Waals surface area contributed by atoms with Gasteiger partial charge in [-0.2, -0.15) is 0 Å². The molecule has 0 unspecified atom stereocenters. The molecule has 0 amide bonds. The van der Waals surface area contributed by atoms with Crippen LogP contribution in [-0.4, -0.2) is 14.5 Å². The molecular weight excluding hydrogens is 254 g/mol. The highest BCUT2D eigenvalue weighted by molar-refractivity contribution is 7.71. The molecule has 1 aromatic carbocycles. The lowest BCUT2D eigenvalue weighted by Gasteiger charge is -2.08. The summed E-state index contributed by atoms with van der Waals surface area (Å²) >= 11 is 5.44. The van der Waals surface area contributed by atoms with Gasteiger partial charge in [0, 0.05) is 12.4 Å². The quantitative estimate of drug-likeness (QED) is 0.719. The minimum atomic E-state index is 0.753. The molecule has 3 nitrogen and oxygen atoms in total. The maximum atomic E-state index is 5.44. The van der Waals surface area contributed by atoms with Crippen LogP contribution >= 0.6 is 12.2 Å². The molecule has 96 valence electrons. The topological polar surface area (TPSA) is 33.6 Å². The largest absolute Gasteiger partial charge is 0.331 e. The van der Waals surface area contributed by atoms with E-state index < -0.39 is 0 Å². The summed E-state index contributed by atoms with van der Waals surface area (Å²) in [6.45, 7) is 4.96. The van der Waals surface area contributed by atoms with Crippen LogP contribution in [0.1, 0.15) is 16.7 Å². The van der Waals surface area contributed by atoms with E-state index in [0.29, 0.717) is 0 Å². The highest BCUT2D eigenvalue weighted by atomic mass is 32.1. The van der Waals surface area contributed by atoms with Crippen LogP contribution in [0.25, 0.3) is 11.0 Å². The second-order valence-corrected chi connectivity index (χ2v) is 5.18. The first-order valence-electron chi connectivity index (χ1n) is 6.24. The van der Waals surface area contributed by atoms with Crippen molar-refractivity contribution in [2.45, 2.75) is 20.4 Å². The number of H-pyrrole nitrogens is 1. The maximum absolute atomic E-state index is 5.44. The Morgan fingerprint density at radius 3 is 2.84 bits per heavy atom. The molecule has 0 bridgehead atoms. The number of hydrogen-bond donors (Lipinski definition) is 1. The Morgan fingerprint density at radius 1 is 1.21 bits per heavy atom. The van der Waals surface area contributed by atoms with Crippen molar-refractivity contribution in [1.82, 2.24) is 14.5 Å². The van der Waals surface area contributed by atoms with Gasteiger partial charge in [0.25, 0.3) is 0 Å². The van der Waals surface area contributed by atoms with Crippen LogP contribution in [0.4, 0.5) is 0 Å². The van der Waals surface area contributed by atoms with Crippen LogP contribution in [0, 0.1) is 18.6 Å². The monoisotopic (exact) mass is 269 g/mol. The number of pyridine rings is 1. The molecule has 3 rings (SSSR count). The van der Waals surface area contributed by atoms with Crippen LogP contribution in [0.15, 0.2) is 36.7 Å². The third kappa shape index (κ3) is 2.08. The van der Waals surface area contributed by atoms with Crippen molar-refractivity contribution in [2.24, 2.45) is 0 Å². The van der Waals surface area contributed by atoms with E-state index >= 15 is 0 Å². The summed E-state index contributed by atoms with van der Waals surface area (Å²) in [7, 11) is 0. The maximum Gasteiger partial charge on any atom is 0.178 e. The molecule has 0 radical (unpaired) electrons. The third-order valence-electron chi connectivity index (χ3n) is 3.47. The smallest absolute Gasteiger partial charge is 0.178 e. The summed E-state index contributed by atoms with van der Waals surface area (Å²) in [6.07, 6.45) is 3.73. The number of hydrogen-bond acceptors (Lipinski definition) is 2. The Balaban J connectivity index is 2.19. The molecule has 0 saturated carbocycles.